The first-order valence-corrected chi connectivity index (χ1v) is 6.90. The van der Waals surface area contributed by atoms with Gasteiger partial charge in [0.2, 0.25) is 0 Å². The van der Waals surface area contributed by atoms with Gasteiger partial charge in [-0.05, 0) is 24.4 Å². The van der Waals surface area contributed by atoms with E-state index in [1.54, 1.807) is 46.8 Å². The van der Waals surface area contributed by atoms with Crippen molar-refractivity contribution in [1.82, 2.24) is 9.13 Å². The Morgan fingerprint density at radius 3 is 2.71 bits per heavy atom. The molecule has 0 bridgehead atoms. The Bertz CT molecular complexity index is 703. The summed E-state index contributed by atoms with van der Waals surface area (Å²) < 4.78 is 8.62. The minimum absolute atomic E-state index is 0.0468. The summed E-state index contributed by atoms with van der Waals surface area (Å²) in [7, 11) is 0.00824. The second-order valence-corrected chi connectivity index (χ2v) is 5.29. The Kier molecular flexibility index (Phi) is 3.61. The fourth-order valence-electron chi connectivity index (χ4n) is 2.45. The molecule has 2 aromatic rings. The molecular formula is C14H17BN2O4. The lowest BCUT2D eigenvalue weighted by molar-refractivity contribution is 0.407. The zero-order chi connectivity index (χ0) is 15.0. The minimum atomic E-state index is -1.54. The molecule has 1 heterocycles. The molecule has 0 saturated heterocycles. The molecule has 1 fully saturated rings. The van der Waals surface area contributed by atoms with Crippen LogP contribution in [0.25, 0.3) is 0 Å². The monoisotopic (exact) mass is 288 g/mol. The summed E-state index contributed by atoms with van der Waals surface area (Å²) in [5, 5.41) is 18.5. The van der Waals surface area contributed by atoms with Gasteiger partial charge >= 0.3 is 12.8 Å². The summed E-state index contributed by atoms with van der Waals surface area (Å²) in [5.41, 5.74) is 1.06. The highest BCUT2D eigenvalue weighted by Crippen LogP contribution is 2.33. The molecule has 6 nitrogen and oxygen atoms in total. The van der Waals surface area contributed by atoms with E-state index in [0.29, 0.717) is 23.8 Å². The van der Waals surface area contributed by atoms with Crippen LogP contribution in [0.5, 0.6) is 5.75 Å². The smallest absolute Gasteiger partial charge is 0.488 e. The molecule has 0 spiro atoms. The molecule has 1 aliphatic carbocycles. The maximum absolute atomic E-state index is 12.3. The van der Waals surface area contributed by atoms with Gasteiger partial charge in [0.05, 0.1) is 13.7 Å². The lowest BCUT2D eigenvalue weighted by atomic mass is 9.79. The fourth-order valence-corrected chi connectivity index (χ4v) is 2.45. The second-order valence-electron chi connectivity index (χ2n) is 5.29. The Morgan fingerprint density at radius 1 is 1.33 bits per heavy atom. The SMILES string of the molecule is COc1ccc(B(O)O)cc1Cn1ccn(C2CC2)c1=O. The van der Waals surface area contributed by atoms with Crippen LogP contribution in [-0.2, 0) is 6.54 Å². The van der Waals surface area contributed by atoms with Gasteiger partial charge in [-0.25, -0.2) is 4.79 Å². The predicted molar refractivity (Wildman–Crippen MR) is 78.9 cm³/mol. The van der Waals surface area contributed by atoms with Crippen LogP contribution in [0.1, 0.15) is 24.4 Å². The third kappa shape index (κ3) is 2.75. The summed E-state index contributed by atoms with van der Waals surface area (Å²) in [6, 6.07) is 5.24. The van der Waals surface area contributed by atoms with E-state index in [1.165, 1.54) is 0 Å². The molecule has 0 aliphatic heterocycles. The van der Waals surface area contributed by atoms with Crippen LogP contribution in [0.3, 0.4) is 0 Å². The summed E-state index contributed by atoms with van der Waals surface area (Å²) in [4.78, 5) is 12.3. The number of rotatable bonds is 5. The summed E-state index contributed by atoms with van der Waals surface area (Å²) in [5.74, 6) is 0.616. The Balaban J connectivity index is 1.93. The third-order valence-corrected chi connectivity index (χ3v) is 3.76. The summed E-state index contributed by atoms with van der Waals surface area (Å²) >= 11 is 0. The minimum Gasteiger partial charge on any atom is -0.496 e. The van der Waals surface area contributed by atoms with Crippen molar-refractivity contribution in [3.63, 3.8) is 0 Å². The predicted octanol–water partition coefficient (Wildman–Crippen LogP) is -0.279. The van der Waals surface area contributed by atoms with Gasteiger partial charge in [0, 0.05) is 24.0 Å². The Hall–Kier alpha value is -1.99. The van der Waals surface area contributed by atoms with E-state index < -0.39 is 7.12 Å². The van der Waals surface area contributed by atoms with Crippen molar-refractivity contribution in [3.05, 3.63) is 46.6 Å². The van der Waals surface area contributed by atoms with Crippen molar-refractivity contribution in [1.29, 1.82) is 0 Å². The molecule has 0 amide bonds. The number of hydrogen-bond acceptors (Lipinski definition) is 4. The number of methoxy groups -OCH3 is 1. The Labute approximate surface area is 122 Å². The van der Waals surface area contributed by atoms with Crippen LogP contribution in [0.4, 0.5) is 0 Å². The van der Waals surface area contributed by atoms with Crippen LogP contribution in [0.15, 0.2) is 35.4 Å². The zero-order valence-corrected chi connectivity index (χ0v) is 11.8. The van der Waals surface area contributed by atoms with Crippen molar-refractivity contribution >= 4 is 12.6 Å². The molecule has 1 aromatic heterocycles. The van der Waals surface area contributed by atoms with Crippen molar-refractivity contribution in [3.8, 4) is 5.75 Å². The highest BCUT2D eigenvalue weighted by Gasteiger charge is 2.25. The van der Waals surface area contributed by atoms with Crippen molar-refractivity contribution in [2.75, 3.05) is 7.11 Å². The van der Waals surface area contributed by atoms with Crippen molar-refractivity contribution in [2.45, 2.75) is 25.4 Å². The van der Waals surface area contributed by atoms with E-state index in [2.05, 4.69) is 0 Å². The van der Waals surface area contributed by atoms with Crippen molar-refractivity contribution in [2.24, 2.45) is 0 Å². The number of benzene rings is 1. The lowest BCUT2D eigenvalue weighted by Crippen LogP contribution is -2.30. The van der Waals surface area contributed by atoms with Gasteiger partial charge in [-0.15, -0.1) is 0 Å². The normalized spacial score (nSPS) is 14.2. The molecule has 110 valence electrons. The van der Waals surface area contributed by atoms with Crippen LogP contribution in [0.2, 0.25) is 0 Å². The topological polar surface area (TPSA) is 76.6 Å². The van der Waals surface area contributed by atoms with E-state index in [0.717, 1.165) is 18.4 Å². The molecule has 1 saturated carbocycles. The van der Waals surface area contributed by atoms with Gasteiger partial charge in [-0.1, -0.05) is 12.1 Å². The standard InChI is InChI=1S/C14H17BN2O4/c1-21-13-5-2-11(15(19)20)8-10(13)9-16-6-7-17(14(16)18)12-3-4-12/h2,5-8,12,19-20H,3-4,9H2,1H3. The number of aromatic nitrogens is 2. The van der Waals surface area contributed by atoms with E-state index in [4.69, 9.17) is 4.74 Å². The van der Waals surface area contributed by atoms with E-state index in [9.17, 15) is 14.8 Å². The summed E-state index contributed by atoms with van der Waals surface area (Å²) in [6.45, 7) is 0.336. The third-order valence-electron chi connectivity index (χ3n) is 3.76. The number of imidazole rings is 1. The van der Waals surface area contributed by atoms with Crippen LogP contribution in [-0.4, -0.2) is 33.4 Å². The maximum Gasteiger partial charge on any atom is 0.488 e. The molecule has 0 unspecified atom stereocenters. The van der Waals surface area contributed by atoms with Gasteiger partial charge in [0.1, 0.15) is 5.75 Å². The van der Waals surface area contributed by atoms with E-state index in [1.807, 2.05) is 0 Å². The van der Waals surface area contributed by atoms with Crippen LogP contribution < -0.4 is 15.9 Å². The molecule has 1 aliphatic rings. The first kappa shape index (κ1) is 14.0. The molecule has 0 radical (unpaired) electrons. The van der Waals surface area contributed by atoms with Gasteiger partial charge < -0.3 is 14.8 Å². The van der Waals surface area contributed by atoms with E-state index >= 15 is 0 Å². The molecule has 7 heteroatoms. The largest absolute Gasteiger partial charge is 0.496 e. The lowest BCUT2D eigenvalue weighted by Gasteiger charge is -2.11. The quantitative estimate of drug-likeness (QED) is 0.742. The molecular weight excluding hydrogens is 271 g/mol. The maximum atomic E-state index is 12.3. The van der Waals surface area contributed by atoms with Crippen LogP contribution >= 0.6 is 0 Å². The number of hydrogen-bond donors (Lipinski definition) is 2. The molecule has 21 heavy (non-hydrogen) atoms. The first-order valence-electron chi connectivity index (χ1n) is 6.90. The van der Waals surface area contributed by atoms with Crippen molar-refractivity contribution < 1.29 is 14.8 Å². The van der Waals surface area contributed by atoms with E-state index in [-0.39, 0.29) is 5.69 Å². The fraction of sp³-hybridized carbons (Fsp3) is 0.357. The average molecular weight is 288 g/mol. The zero-order valence-electron chi connectivity index (χ0n) is 11.8. The number of ether oxygens (including phenoxy) is 1. The molecule has 2 N–H and O–H groups in total. The Morgan fingerprint density at radius 2 is 2.10 bits per heavy atom. The highest BCUT2D eigenvalue weighted by molar-refractivity contribution is 6.58. The number of nitrogens with zero attached hydrogens (tertiary/aromatic N) is 2. The molecule has 0 atom stereocenters. The second kappa shape index (κ2) is 5.42. The highest BCUT2D eigenvalue weighted by atomic mass is 16.5. The van der Waals surface area contributed by atoms with Gasteiger partial charge in [-0.3, -0.25) is 9.13 Å². The average Bonchev–Trinajstić information content (AvgIpc) is 3.25. The molecule has 3 rings (SSSR count). The first-order chi connectivity index (χ1) is 10.1. The summed E-state index contributed by atoms with van der Waals surface area (Å²) in [6.07, 6.45) is 5.66. The molecule has 1 aromatic carbocycles. The van der Waals surface area contributed by atoms with Gasteiger partial charge in [0.15, 0.2) is 0 Å². The van der Waals surface area contributed by atoms with Crippen LogP contribution in [0, 0.1) is 0 Å². The van der Waals surface area contributed by atoms with Gasteiger partial charge in [-0.2, -0.15) is 0 Å². The van der Waals surface area contributed by atoms with Gasteiger partial charge in [0.25, 0.3) is 0 Å².